The largest absolute Gasteiger partial charge is 0.398 e. The number of hydrogen-bond acceptors (Lipinski definition) is 2. The van der Waals surface area contributed by atoms with E-state index in [1.54, 1.807) is 6.07 Å². The molecule has 0 bridgehead atoms. The van der Waals surface area contributed by atoms with Crippen molar-refractivity contribution in [2.45, 2.75) is 13.3 Å². The van der Waals surface area contributed by atoms with Crippen LogP contribution in [0, 0.1) is 5.92 Å². The van der Waals surface area contributed by atoms with Crippen molar-refractivity contribution in [3.8, 4) is 0 Å². The summed E-state index contributed by atoms with van der Waals surface area (Å²) in [6.07, 6.45) is 1.09. The fourth-order valence-electron chi connectivity index (χ4n) is 2.00. The Hall–Kier alpha value is -1.03. The zero-order valence-corrected chi connectivity index (χ0v) is 10.8. The highest BCUT2D eigenvalue weighted by molar-refractivity contribution is 9.10. The van der Waals surface area contributed by atoms with Crippen molar-refractivity contribution < 1.29 is 4.79 Å². The number of anilines is 1. The summed E-state index contributed by atoms with van der Waals surface area (Å²) in [5, 5.41) is 0. The van der Waals surface area contributed by atoms with E-state index in [1.807, 2.05) is 17.0 Å². The van der Waals surface area contributed by atoms with Crippen molar-refractivity contribution >= 4 is 27.5 Å². The Morgan fingerprint density at radius 1 is 1.56 bits per heavy atom. The molecule has 0 saturated carbocycles. The Morgan fingerprint density at radius 2 is 2.31 bits per heavy atom. The second kappa shape index (κ2) is 4.45. The minimum atomic E-state index is 0.0727. The summed E-state index contributed by atoms with van der Waals surface area (Å²) in [6, 6.07) is 5.41. The lowest BCUT2D eigenvalue weighted by atomic mass is 10.1. The van der Waals surface area contributed by atoms with Crippen LogP contribution in [0.15, 0.2) is 22.7 Å². The van der Waals surface area contributed by atoms with Crippen LogP contribution in [0.5, 0.6) is 0 Å². The fourth-order valence-corrected chi connectivity index (χ4v) is 2.44. The number of halogens is 1. The lowest BCUT2D eigenvalue weighted by Crippen LogP contribution is -2.28. The van der Waals surface area contributed by atoms with E-state index in [9.17, 15) is 4.79 Å². The molecule has 1 aromatic rings. The lowest BCUT2D eigenvalue weighted by molar-refractivity contribution is 0.0787. The molecule has 1 saturated heterocycles. The molecular formula is C12H15BrN2O. The van der Waals surface area contributed by atoms with Gasteiger partial charge in [0.25, 0.3) is 5.91 Å². The summed E-state index contributed by atoms with van der Waals surface area (Å²) in [4.78, 5) is 14.1. The molecule has 1 heterocycles. The highest BCUT2D eigenvalue weighted by Gasteiger charge is 2.25. The van der Waals surface area contributed by atoms with Crippen molar-refractivity contribution in [2.24, 2.45) is 5.92 Å². The van der Waals surface area contributed by atoms with Crippen LogP contribution in [-0.2, 0) is 0 Å². The van der Waals surface area contributed by atoms with E-state index in [0.29, 0.717) is 21.6 Å². The molecule has 0 radical (unpaired) electrons. The predicted molar refractivity (Wildman–Crippen MR) is 68.2 cm³/mol. The Balaban J connectivity index is 2.24. The van der Waals surface area contributed by atoms with Crippen molar-refractivity contribution in [1.82, 2.24) is 4.90 Å². The van der Waals surface area contributed by atoms with Crippen LogP contribution >= 0.6 is 15.9 Å². The first-order valence-corrected chi connectivity index (χ1v) is 6.22. The molecule has 1 aliphatic heterocycles. The summed E-state index contributed by atoms with van der Waals surface area (Å²) in [7, 11) is 0. The molecule has 86 valence electrons. The minimum Gasteiger partial charge on any atom is -0.398 e. The van der Waals surface area contributed by atoms with E-state index >= 15 is 0 Å². The van der Waals surface area contributed by atoms with Gasteiger partial charge in [-0.05, 0) is 40.4 Å². The summed E-state index contributed by atoms with van der Waals surface area (Å²) in [5.74, 6) is 0.673. The number of nitrogens with zero attached hydrogens (tertiary/aromatic N) is 1. The van der Waals surface area contributed by atoms with Gasteiger partial charge in [-0.15, -0.1) is 0 Å². The molecule has 1 amide bonds. The van der Waals surface area contributed by atoms with Crippen LogP contribution in [0.3, 0.4) is 0 Å². The van der Waals surface area contributed by atoms with Gasteiger partial charge in [0.1, 0.15) is 0 Å². The zero-order chi connectivity index (χ0) is 11.7. The van der Waals surface area contributed by atoms with Crippen LogP contribution in [0.1, 0.15) is 23.7 Å². The van der Waals surface area contributed by atoms with Gasteiger partial charge in [-0.2, -0.15) is 0 Å². The fraction of sp³-hybridized carbons (Fsp3) is 0.417. The normalized spacial score (nSPS) is 20.1. The molecule has 0 aromatic heterocycles. The number of carbonyl (C=O) groups is 1. The average molecular weight is 283 g/mol. The third-order valence-corrected chi connectivity index (χ3v) is 3.86. The maximum Gasteiger partial charge on any atom is 0.255 e. The maximum absolute atomic E-state index is 12.2. The van der Waals surface area contributed by atoms with Gasteiger partial charge < -0.3 is 10.6 Å². The quantitative estimate of drug-likeness (QED) is 0.805. The monoisotopic (exact) mass is 282 g/mol. The van der Waals surface area contributed by atoms with E-state index < -0.39 is 0 Å². The van der Waals surface area contributed by atoms with Crippen LogP contribution < -0.4 is 5.73 Å². The number of carbonyl (C=O) groups excluding carboxylic acids is 1. The van der Waals surface area contributed by atoms with Gasteiger partial charge in [-0.1, -0.05) is 13.0 Å². The lowest BCUT2D eigenvalue weighted by Gasteiger charge is -2.17. The Bertz CT molecular complexity index is 419. The third kappa shape index (κ3) is 2.07. The molecule has 1 fully saturated rings. The summed E-state index contributed by atoms with van der Waals surface area (Å²) < 4.78 is 0.708. The number of rotatable bonds is 1. The maximum atomic E-state index is 12.2. The molecule has 2 rings (SSSR count). The standard InChI is InChI=1S/C12H15BrN2O/c1-8-5-6-15(7-8)12(16)9-3-2-4-10(14)11(9)13/h2-4,8H,5-7,14H2,1H3. The van der Waals surface area contributed by atoms with E-state index in [-0.39, 0.29) is 5.91 Å². The molecular weight excluding hydrogens is 268 g/mol. The van der Waals surface area contributed by atoms with Gasteiger partial charge in [0.2, 0.25) is 0 Å². The molecule has 16 heavy (non-hydrogen) atoms. The molecule has 3 nitrogen and oxygen atoms in total. The van der Waals surface area contributed by atoms with Gasteiger partial charge in [-0.3, -0.25) is 4.79 Å². The molecule has 0 aliphatic carbocycles. The van der Waals surface area contributed by atoms with Crippen molar-refractivity contribution in [2.75, 3.05) is 18.8 Å². The highest BCUT2D eigenvalue weighted by Crippen LogP contribution is 2.26. The van der Waals surface area contributed by atoms with Crippen LogP contribution in [0.25, 0.3) is 0 Å². The van der Waals surface area contributed by atoms with Crippen LogP contribution in [0.2, 0.25) is 0 Å². The Labute approximate surface area is 104 Å². The van der Waals surface area contributed by atoms with Gasteiger partial charge in [0.05, 0.1) is 10.0 Å². The van der Waals surface area contributed by atoms with Crippen molar-refractivity contribution in [3.05, 3.63) is 28.2 Å². The Kier molecular flexibility index (Phi) is 3.19. The predicted octanol–water partition coefficient (Wildman–Crippen LogP) is 2.51. The highest BCUT2D eigenvalue weighted by atomic mass is 79.9. The summed E-state index contributed by atoms with van der Waals surface area (Å²) in [5.41, 5.74) is 7.04. The molecule has 2 N–H and O–H groups in total. The third-order valence-electron chi connectivity index (χ3n) is 2.97. The minimum absolute atomic E-state index is 0.0727. The SMILES string of the molecule is CC1CCN(C(=O)c2cccc(N)c2Br)C1. The van der Waals surface area contributed by atoms with Gasteiger partial charge in [-0.25, -0.2) is 0 Å². The molecule has 1 atom stereocenters. The molecule has 4 heteroatoms. The Morgan fingerprint density at radius 3 is 2.94 bits per heavy atom. The van der Waals surface area contributed by atoms with E-state index in [0.717, 1.165) is 19.5 Å². The van der Waals surface area contributed by atoms with Crippen molar-refractivity contribution in [1.29, 1.82) is 0 Å². The molecule has 1 unspecified atom stereocenters. The van der Waals surface area contributed by atoms with Crippen LogP contribution in [-0.4, -0.2) is 23.9 Å². The first kappa shape index (κ1) is 11.5. The summed E-state index contributed by atoms with van der Waals surface area (Å²) >= 11 is 3.37. The van der Waals surface area contributed by atoms with E-state index in [1.165, 1.54) is 0 Å². The number of likely N-dealkylation sites (tertiary alicyclic amines) is 1. The smallest absolute Gasteiger partial charge is 0.255 e. The van der Waals surface area contributed by atoms with E-state index in [2.05, 4.69) is 22.9 Å². The average Bonchev–Trinajstić information content (AvgIpc) is 2.68. The second-order valence-corrected chi connectivity index (χ2v) is 5.15. The number of benzene rings is 1. The second-order valence-electron chi connectivity index (χ2n) is 4.35. The van der Waals surface area contributed by atoms with Gasteiger partial charge in [0, 0.05) is 18.8 Å². The van der Waals surface area contributed by atoms with Crippen molar-refractivity contribution in [3.63, 3.8) is 0 Å². The number of hydrogen-bond donors (Lipinski definition) is 1. The molecule has 1 aliphatic rings. The first-order chi connectivity index (χ1) is 7.59. The topological polar surface area (TPSA) is 46.3 Å². The molecule has 0 spiro atoms. The van der Waals surface area contributed by atoms with Gasteiger partial charge >= 0.3 is 0 Å². The first-order valence-electron chi connectivity index (χ1n) is 5.43. The molecule has 1 aromatic carbocycles. The zero-order valence-electron chi connectivity index (χ0n) is 9.24. The summed E-state index contributed by atoms with van der Waals surface area (Å²) in [6.45, 7) is 3.86. The number of nitrogen functional groups attached to an aromatic ring is 1. The van der Waals surface area contributed by atoms with Gasteiger partial charge in [0.15, 0.2) is 0 Å². The van der Waals surface area contributed by atoms with E-state index in [4.69, 9.17) is 5.73 Å². The van der Waals surface area contributed by atoms with Crippen LogP contribution in [0.4, 0.5) is 5.69 Å². The number of amides is 1. The number of nitrogens with two attached hydrogens (primary N) is 1.